The van der Waals surface area contributed by atoms with Gasteiger partial charge in [-0.15, -0.1) is 0 Å². The number of ether oxygens (including phenoxy) is 2. The Morgan fingerprint density at radius 2 is 1.26 bits per heavy atom. The van der Waals surface area contributed by atoms with E-state index in [1.165, 1.54) is 12.1 Å². The summed E-state index contributed by atoms with van der Waals surface area (Å²) in [4.78, 5) is 9.76. The summed E-state index contributed by atoms with van der Waals surface area (Å²) < 4.78 is 98.8. The maximum Gasteiger partial charge on any atom is 0.343 e. The minimum absolute atomic E-state index is 0.268. The highest BCUT2D eigenvalue weighted by atomic mass is 127. The average molecular weight is 567 g/mol. The Hall–Kier alpha value is -2.71. The smallest absolute Gasteiger partial charge is 0.343 e. The van der Waals surface area contributed by atoms with Crippen LogP contribution in [0.4, 0.5) is 17.6 Å². The van der Waals surface area contributed by atoms with Crippen LogP contribution in [0.1, 0.15) is 10.4 Å². The molecule has 3 aromatic carbocycles. The third-order valence-electron chi connectivity index (χ3n) is 3.77. The van der Waals surface area contributed by atoms with Crippen molar-refractivity contribution >= 4 is 38.7 Å². The Bertz CT molecular complexity index is 1230. The van der Waals surface area contributed by atoms with Crippen LogP contribution < -0.4 is 9.47 Å². The molecule has 3 aromatic rings. The van der Waals surface area contributed by atoms with Gasteiger partial charge in [0, 0.05) is 3.57 Å². The van der Waals surface area contributed by atoms with Crippen molar-refractivity contribution in [1.82, 2.24) is 0 Å². The van der Waals surface area contributed by atoms with Crippen molar-refractivity contribution in [3.63, 3.8) is 0 Å². The van der Waals surface area contributed by atoms with E-state index in [0.717, 1.165) is 15.7 Å². The first-order chi connectivity index (χ1) is 14.5. The summed E-state index contributed by atoms with van der Waals surface area (Å²) >= 11 is 2.11. The largest absolute Gasteiger partial charge is 0.744 e. The fourth-order valence-electron chi connectivity index (χ4n) is 2.35. The van der Waals surface area contributed by atoms with Crippen LogP contribution >= 0.6 is 22.6 Å². The number of rotatable bonds is 5. The molecule has 0 bridgehead atoms. The summed E-state index contributed by atoms with van der Waals surface area (Å²) in [6.45, 7) is 0. The molecule has 0 aliphatic heterocycles. The van der Waals surface area contributed by atoms with E-state index in [0.29, 0.717) is 11.5 Å². The molecule has 6 nitrogen and oxygen atoms in total. The van der Waals surface area contributed by atoms with Crippen LogP contribution in [0.5, 0.6) is 17.2 Å². The number of halogens is 5. The van der Waals surface area contributed by atoms with Crippen LogP contribution in [0.3, 0.4) is 0 Å². The molecule has 0 fully saturated rings. The highest BCUT2D eigenvalue weighted by Gasteiger charge is 2.31. The van der Waals surface area contributed by atoms with Gasteiger partial charge in [0.15, 0.2) is 11.6 Å². The van der Waals surface area contributed by atoms with E-state index in [4.69, 9.17) is 4.74 Å². The summed E-state index contributed by atoms with van der Waals surface area (Å²) in [6, 6.07) is 12.0. The molecular weight excluding hydrogens is 559 g/mol. The van der Waals surface area contributed by atoms with Crippen LogP contribution in [0.2, 0.25) is 0 Å². The second kappa shape index (κ2) is 8.80. The molecule has 0 aliphatic rings. The molecule has 0 amide bonds. The lowest BCUT2D eigenvalue weighted by atomic mass is 10.2. The molecule has 0 aromatic heterocycles. The van der Waals surface area contributed by atoms with Crippen LogP contribution in [-0.4, -0.2) is 18.9 Å². The molecule has 0 heterocycles. The minimum Gasteiger partial charge on any atom is -0.744 e. The van der Waals surface area contributed by atoms with Gasteiger partial charge in [0.05, 0.1) is 5.56 Å². The third kappa shape index (κ3) is 4.97. The summed E-state index contributed by atoms with van der Waals surface area (Å²) in [5.41, 5.74) is -0.268. The third-order valence-corrected chi connectivity index (χ3v) is 5.34. The highest BCUT2D eigenvalue weighted by Crippen LogP contribution is 2.33. The predicted molar refractivity (Wildman–Crippen MR) is 105 cm³/mol. The van der Waals surface area contributed by atoms with Gasteiger partial charge in [0.25, 0.3) is 0 Å². The molecule has 31 heavy (non-hydrogen) atoms. The summed E-state index contributed by atoms with van der Waals surface area (Å²) in [5.74, 6) is -12.1. The Kier molecular flexibility index (Phi) is 6.52. The number of hydrogen-bond acceptors (Lipinski definition) is 6. The quantitative estimate of drug-likeness (QED) is 0.110. The normalized spacial score (nSPS) is 11.3. The lowest BCUT2D eigenvalue weighted by molar-refractivity contribution is 0.0716. The molecule has 0 saturated heterocycles. The van der Waals surface area contributed by atoms with Crippen LogP contribution in [0, 0.1) is 26.8 Å². The molecular formula is C19H8F4IO6S-. The zero-order valence-corrected chi connectivity index (χ0v) is 17.8. The molecule has 0 radical (unpaired) electrons. The first-order valence-electron chi connectivity index (χ1n) is 8.06. The van der Waals surface area contributed by atoms with Gasteiger partial charge in [-0.05, 0) is 71.1 Å². The number of carbonyl (C=O) groups is 1. The predicted octanol–water partition coefficient (Wildman–Crippen LogP) is 4.76. The fraction of sp³-hybridized carbons (Fsp3) is 0. The number of carbonyl (C=O) groups excluding carboxylic acids is 1. The van der Waals surface area contributed by atoms with Gasteiger partial charge in [-0.1, -0.05) is 0 Å². The summed E-state index contributed by atoms with van der Waals surface area (Å²) in [6.07, 6.45) is 0. The first-order valence-corrected chi connectivity index (χ1v) is 10.5. The summed E-state index contributed by atoms with van der Waals surface area (Å²) in [5, 5.41) is 0. The van der Waals surface area contributed by atoms with Gasteiger partial charge < -0.3 is 14.0 Å². The van der Waals surface area contributed by atoms with Gasteiger partial charge in [-0.2, -0.15) is 8.78 Å². The van der Waals surface area contributed by atoms with Crippen LogP contribution in [-0.2, 0) is 10.1 Å². The Morgan fingerprint density at radius 1 is 0.806 bits per heavy atom. The van der Waals surface area contributed by atoms with E-state index in [1.807, 2.05) is 0 Å². The van der Waals surface area contributed by atoms with Crippen molar-refractivity contribution in [3.05, 3.63) is 80.9 Å². The van der Waals surface area contributed by atoms with Crippen molar-refractivity contribution in [3.8, 4) is 17.2 Å². The second-order valence-electron chi connectivity index (χ2n) is 5.84. The summed E-state index contributed by atoms with van der Waals surface area (Å²) in [7, 11) is -5.87. The standard InChI is InChI=1S/C19H9F4IO6S/c20-13-15(22)18(31(26,27)28)16(23)14(21)17(13)30-19(25)9-1-5-11(6-2-9)29-12-7-3-10(24)4-8-12/h1-8H,(H,26,27,28)/p-1. The molecule has 0 N–H and O–H groups in total. The number of benzene rings is 3. The van der Waals surface area contributed by atoms with Gasteiger partial charge in [0.2, 0.25) is 17.4 Å². The molecule has 0 aliphatic carbocycles. The molecule has 0 saturated carbocycles. The van der Waals surface area contributed by atoms with Crippen molar-refractivity contribution in [2.24, 2.45) is 0 Å². The Morgan fingerprint density at radius 3 is 1.71 bits per heavy atom. The van der Waals surface area contributed by atoms with Crippen LogP contribution in [0.15, 0.2) is 53.4 Å². The molecule has 12 heteroatoms. The SMILES string of the molecule is O=C(Oc1c(F)c(F)c(S(=O)(=O)[O-])c(F)c1F)c1ccc(Oc2ccc(I)cc2)cc1. The second-order valence-corrected chi connectivity index (χ2v) is 8.40. The van der Waals surface area contributed by atoms with E-state index >= 15 is 0 Å². The Labute approximate surface area is 186 Å². The van der Waals surface area contributed by atoms with E-state index < -0.39 is 50.0 Å². The molecule has 0 unspecified atom stereocenters. The minimum atomic E-state index is -5.87. The van der Waals surface area contributed by atoms with Gasteiger partial charge in [-0.25, -0.2) is 22.0 Å². The van der Waals surface area contributed by atoms with E-state index in [9.17, 15) is 35.3 Å². The average Bonchev–Trinajstić information content (AvgIpc) is 2.71. The van der Waals surface area contributed by atoms with Crippen molar-refractivity contribution < 1.29 is 44.8 Å². The molecule has 3 rings (SSSR count). The monoisotopic (exact) mass is 567 g/mol. The van der Waals surface area contributed by atoms with Gasteiger partial charge in [0.1, 0.15) is 26.5 Å². The lowest BCUT2D eigenvalue weighted by Crippen LogP contribution is -2.16. The van der Waals surface area contributed by atoms with Crippen molar-refractivity contribution in [2.75, 3.05) is 0 Å². The van der Waals surface area contributed by atoms with Crippen molar-refractivity contribution in [1.29, 1.82) is 0 Å². The van der Waals surface area contributed by atoms with Gasteiger partial charge >= 0.3 is 5.97 Å². The number of hydrogen-bond donors (Lipinski definition) is 0. The Balaban J connectivity index is 1.84. The lowest BCUT2D eigenvalue weighted by Gasteiger charge is -2.14. The fourth-order valence-corrected chi connectivity index (χ4v) is 3.33. The maximum atomic E-state index is 14.0. The topological polar surface area (TPSA) is 92.7 Å². The van der Waals surface area contributed by atoms with Crippen LogP contribution in [0.25, 0.3) is 0 Å². The zero-order valence-electron chi connectivity index (χ0n) is 14.9. The first kappa shape index (κ1) is 23.0. The van der Waals surface area contributed by atoms with Crippen molar-refractivity contribution in [2.45, 2.75) is 4.90 Å². The molecule has 0 spiro atoms. The van der Waals surface area contributed by atoms with E-state index in [2.05, 4.69) is 27.3 Å². The van der Waals surface area contributed by atoms with E-state index in [-0.39, 0.29) is 5.56 Å². The number of esters is 1. The van der Waals surface area contributed by atoms with Gasteiger partial charge in [-0.3, -0.25) is 0 Å². The van der Waals surface area contributed by atoms with E-state index in [1.54, 1.807) is 24.3 Å². The zero-order chi connectivity index (χ0) is 22.9. The molecule has 0 atom stereocenters. The highest BCUT2D eigenvalue weighted by molar-refractivity contribution is 14.1. The molecule has 162 valence electrons. The maximum absolute atomic E-state index is 14.0.